The minimum Gasteiger partial charge on any atom is -0.291 e. The summed E-state index contributed by atoms with van der Waals surface area (Å²) in [6, 6.07) is 1.78. The Balaban J connectivity index is 2.91. The summed E-state index contributed by atoms with van der Waals surface area (Å²) in [5.41, 5.74) is -1.70. The van der Waals surface area contributed by atoms with Crippen LogP contribution in [0.15, 0.2) is 16.9 Å². The van der Waals surface area contributed by atoms with Crippen LogP contribution in [0.1, 0.15) is 0 Å². The number of non-ortho nitro benzene ring substituents is 2. The quantitative estimate of drug-likeness (QED) is 0.570. The molecule has 0 spiro atoms. The summed E-state index contributed by atoms with van der Waals surface area (Å²) in [6.45, 7) is 0. The lowest BCUT2D eigenvalue weighted by atomic mass is 10.2. The number of nitrogens with zero attached hydrogens (tertiary/aromatic N) is 2. The summed E-state index contributed by atoms with van der Waals surface area (Å²) in [5.74, 6) is 0. The van der Waals surface area contributed by atoms with Crippen molar-refractivity contribution in [2.45, 2.75) is 0 Å². The fourth-order valence-corrected chi connectivity index (χ4v) is 1.36. The number of aromatic amines is 2. The van der Waals surface area contributed by atoms with E-state index >= 15 is 0 Å². The van der Waals surface area contributed by atoms with Gasteiger partial charge in [0.15, 0.2) is 0 Å². The van der Waals surface area contributed by atoms with Crippen molar-refractivity contribution in [3.8, 4) is 0 Å². The molecule has 0 aliphatic rings. The van der Waals surface area contributed by atoms with Gasteiger partial charge in [0.2, 0.25) is 0 Å². The van der Waals surface area contributed by atoms with Crippen molar-refractivity contribution in [1.82, 2.24) is 10.2 Å². The number of hydrogen-bond donors (Lipinski definition) is 2. The van der Waals surface area contributed by atoms with E-state index in [1.165, 1.54) is 0 Å². The van der Waals surface area contributed by atoms with E-state index in [9.17, 15) is 25.0 Å². The van der Waals surface area contributed by atoms with Crippen molar-refractivity contribution in [3.05, 3.63) is 42.7 Å². The molecular weight excluding hydrogens is 220 g/mol. The highest BCUT2D eigenvalue weighted by Gasteiger charge is 2.21. The molecular formula is C7H4N4O5. The molecule has 9 heteroatoms. The summed E-state index contributed by atoms with van der Waals surface area (Å²) in [5, 5.41) is 25.5. The van der Waals surface area contributed by atoms with E-state index in [0.717, 1.165) is 12.1 Å². The molecule has 0 amide bonds. The highest BCUT2D eigenvalue weighted by Crippen LogP contribution is 2.27. The highest BCUT2D eigenvalue weighted by molar-refractivity contribution is 5.88. The van der Waals surface area contributed by atoms with Crippen LogP contribution in [0, 0.1) is 20.2 Å². The molecule has 0 bridgehead atoms. The van der Waals surface area contributed by atoms with Crippen LogP contribution in [0.25, 0.3) is 10.9 Å². The first kappa shape index (κ1) is 9.83. The lowest BCUT2D eigenvalue weighted by Gasteiger charge is -1.94. The van der Waals surface area contributed by atoms with Crippen molar-refractivity contribution in [2.75, 3.05) is 0 Å². The van der Waals surface area contributed by atoms with Gasteiger partial charge in [-0.15, -0.1) is 0 Å². The van der Waals surface area contributed by atoms with Crippen LogP contribution in [0.3, 0.4) is 0 Å². The Bertz CT molecular complexity index is 654. The van der Waals surface area contributed by atoms with E-state index in [4.69, 9.17) is 0 Å². The molecule has 1 heterocycles. The van der Waals surface area contributed by atoms with Gasteiger partial charge in [-0.3, -0.25) is 35.2 Å². The Morgan fingerprint density at radius 2 is 1.75 bits per heavy atom. The zero-order valence-electron chi connectivity index (χ0n) is 7.59. The summed E-state index contributed by atoms with van der Waals surface area (Å²) in [4.78, 5) is 30.8. The van der Waals surface area contributed by atoms with Gasteiger partial charge in [0.1, 0.15) is 5.52 Å². The van der Waals surface area contributed by atoms with Crippen molar-refractivity contribution >= 4 is 22.3 Å². The average molecular weight is 224 g/mol. The maximum Gasteiger partial charge on any atom is 0.301 e. The van der Waals surface area contributed by atoms with Crippen molar-refractivity contribution < 1.29 is 9.85 Å². The number of aromatic nitrogens is 2. The summed E-state index contributed by atoms with van der Waals surface area (Å²) in [7, 11) is 0. The van der Waals surface area contributed by atoms with Crippen molar-refractivity contribution in [2.24, 2.45) is 0 Å². The second-order valence-electron chi connectivity index (χ2n) is 2.98. The van der Waals surface area contributed by atoms with Gasteiger partial charge >= 0.3 is 5.69 Å². The van der Waals surface area contributed by atoms with Crippen LogP contribution >= 0.6 is 0 Å². The first-order valence-corrected chi connectivity index (χ1v) is 4.04. The van der Waals surface area contributed by atoms with Gasteiger partial charge in [0, 0.05) is 6.07 Å². The zero-order chi connectivity index (χ0) is 11.9. The van der Waals surface area contributed by atoms with Gasteiger partial charge in [-0.05, 0) is 0 Å². The Kier molecular flexibility index (Phi) is 1.94. The van der Waals surface area contributed by atoms with Crippen LogP contribution in [0.4, 0.5) is 11.4 Å². The van der Waals surface area contributed by atoms with E-state index in [2.05, 4.69) is 10.2 Å². The molecule has 2 rings (SSSR count). The number of nitrogens with one attached hydrogen (secondary N) is 2. The van der Waals surface area contributed by atoms with Gasteiger partial charge < -0.3 is 0 Å². The average Bonchev–Trinajstić information content (AvgIpc) is 2.59. The topological polar surface area (TPSA) is 135 Å². The third-order valence-electron chi connectivity index (χ3n) is 2.06. The molecule has 0 fully saturated rings. The summed E-state index contributed by atoms with van der Waals surface area (Å²) >= 11 is 0. The molecule has 0 aliphatic heterocycles. The van der Waals surface area contributed by atoms with E-state index in [0.29, 0.717) is 0 Å². The molecule has 2 N–H and O–H groups in total. The maximum atomic E-state index is 11.2. The molecule has 0 aliphatic carbocycles. The first-order valence-electron chi connectivity index (χ1n) is 4.04. The number of rotatable bonds is 2. The molecule has 2 aromatic rings. The van der Waals surface area contributed by atoms with Crippen LogP contribution in [-0.4, -0.2) is 20.0 Å². The minimum atomic E-state index is -0.793. The van der Waals surface area contributed by atoms with Gasteiger partial charge in [0.25, 0.3) is 11.2 Å². The van der Waals surface area contributed by atoms with Crippen LogP contribution < -0.4 is 5.56 Å². The Morgan fingerprint density at radius 1 is 1.06 bits per heavy atom. The van der Waals surface area contributed by atoms with Crippen LogP contribution in [0.2, 0.25) is 0 Å². The fraction of sp³-hybridized carbons (Fsp3) is 0. The number of hydrogen-bond acceptors (Lipinski definition) is 5. The normalized spacial score (nSPS) is 10.5. The van der Waals surface area contributed by atoms with E-state index in [1.807, 2.05) is 0 Å². The number of H-pyrrole nitrogens is 2. The van der Waals surface area contributed by atoms with E-state index in [1.54, 1.807) is 0 Å². The minimum absolute atomic E-state index is 0.0550. The maximum absolute atomic E-state index is 11.2. The predicted molar refractivity (Wildman–Crippen MR) is 52.2 cm³/mol. The van der Waals surface area contributed by atoms with Crippen molar-refractivity contribution in [3.63, 3.8) is 0 Å². The smallest absolute Gasteiger partial charge is 0.291 e. The van der Waals surface area contributed by atoms with Gasteiger partial charge in [-0.2, -0.15) is 0 Å². The third-order valence-corrected chi connectivity index (χ3v) is 2.06. The lowest BCUT2D eigenvalue weighted by molar-refractivity contribution is -0.393. The Hall–Kier alpha value is -2.71. The predicted octanol–water partition coefficient (Wildman–Crippen LogP) is 0.673. The van der Waals surface area contributed by atoms with Gasteiger partial charge in [0.05, 0.1) is 21.3 Å². The largest absolute Gasteiger partial charge is 0.301 e. The van der Waals surface area contributed by atoms with Crippen LogP contribution in [-0.2, 0) is 0 Å². The van der Waals surface area contributed by atoms with Gasteiger partial charge in [-0.25, -0.2) is 0 Å². The number of nitro benzene ring substituents is 2. The number of fused-ring (bicyclic) bond motifs is 1. The fourth-order valence-electron chi connectivity index (χ4n) is 1.36. The standard InChI is InChI=1S/C7H4N4O5/c12-7-4-1-3(10(13)14)2-5(11(15)16)6(4)8-9-7/h1-2H,(H2,8,9,12). The molecule has 16 heavy (non-hydrogen) atoms. The molecule has 1 aromatic carbocycles. The highest BCUT2D eigenvalue weighted by atomic mass is 16.6. The zero-order valence-corrected chi connectivity index (χ0v) is 7.59. The number of benzene rings is 1. The van der Waals surface area contributed by atoms with Crippen molar-refractivity contribution in [1.29, 1.82) is 0 Å². The molecule has 82 valence electrons. The first-order chi connectivity index (χ1) is 7.50. The van der Waals surface area contributed by atoms with Gasteiger partial charge in [-0.1, -0.05) is 0 Å². The monoisotopic (exact) mass is 224 g/mol. The Morgan fingerprint density at radius 3 is 2.31 bits per heavy atom. The molecule has 0 radical (unpaired) electrons. The Labute approximate surface area is 86.0 Å². The molecule has 0 saturated heterocycles. The summed E-state index contributed by atoms with van der Waals surface area (Å²) < 4.78 is 0. The lowest BCUT2D eigenvalue weighted by Crippen LogP contribution is -1.99. The third kappa shape index (κ3) is 1.30. The molecule has 1 aromatic heterocycles. The van der Waals surface area contributed by atoms with E-state index < -0.39 is 26.8 Å². The second-order valence-corrected chi connectivity index (χ2v) is 2.98. The molecule has 0 unspecified atom stereocenters. The molecule has 9 nitrogen and oxygen atoms in total. The molecule has 0 atom stereocenters. The SMILES string of the molecule is O=c1[nH][nH]c2c([N+](=O)[O-])cc([N+](=O)[O-])cc12. The van der Waals surface area contributed by atoms with Crippen LogP contribution in [0.5, 0.6) is 0 Å². The summed E-state index contributed by atoms with van der Waals surface area (Å²) in [6.07, 6.45) is 0. The van der Waals surface area contributed by atoms with E-state index in [-0.39, 0.29) is 10.9 Å². The number of nitro groups is 2. The second kappa shape index (κ2) is 3.15. The molecule has 0 saturated carbocycles.